The standard InChI is InChI=1S/C18H18BrN3O2/c19-16-11-13(3-8-17(16)23)12-20-21-18(24)14-4-6-15(7-5-14)22-9-1-2-10-22/h3-8,11-12,23H,1-2,9-10H2,(H,21,24)/b20-12-. The van der Waals surface area contributed by atoms with E-state index in [2.05, 4.69) is 31.4 Å². The lowest BCUT2D eigenvalue weighted by Gasteiger charge is -2.17. The van der Waals surface area contributed by atoms with Crippen LogP contribution in [-0.2, 0) is 0 Å². The molecule has 2 N–H and O–H groups in total. The Kier molecular flexibility index (Phi) is 5.15. The van der Waals surface area contributed by atoms with Crippen molar-refractivity contribution in [3.8, 4) is 5.75 Å². The number of amides is 1. The molecule has 2 aromatic rings. The fourth-order valence-electron chi connectivity index (χ4n) is 2.63. The largest absolute Gasteiger partial charge is 0.507 e. The topological polar surface area (TPSA) is 64.9 Å². The van der Waals surface area contributed by atoms with E-state index in [0.29, 0.717) is 10.0 Å². The molecule has 24 heavy (non-hydrogen) atoms. The third-order valence-electron chi connectivity index (χ3n) is 3.95. The van der Waals surface area contributed by atoms with Gasteiger partial charge in [-0.1, -0.05) is 0 Å². The normalized spacial score (nSPS) is 14.3. The number of aromatic hydroxyl groups is 1. The Bertz CT molecular complexity index is 753. The zero-order valence-electron chi connectivity index (χ0n) is 13.1. The van der Waals surface area contributed by atoms with E-state index in [0.717, 1.165) is 24.3 Å². The molecule has 0 spiro atoms. The molecule has 124 valence electrons. The molecule has 0 aliphatic carbocycles. The minimum Gasteiger partial charge on any atom is -0.507 e. The van der Waals surface area contributed by atoms with Gasteiger partial charge in [0.05, 0.1) is 10.7 Å². The number of halogens is 1. The van der Waals surface area contributed by atoms with Crippen LogP contribution in [0.15, 0.2) is 52.0 Å². The second-order valence-electron chi connectivity index (χ2n) is 5.65. The second kappa shape index (κ2) is 7.49. The third-order valence-corrected chi connectivity index (χ3v) is 4.59. The molecule has 0 saturated carbocycles. The van der Waals surface area contributed by atoms with Crippen LogP contribution in [-0.4, -0.2) is 30.3 Å². The maximum Gasteiger partial charge on any atom is 0.271 e. The number of hydrogen-bond acceptors (Lipinski definition) is 4. The maximum absolute atomic E-state index is 12.1. The van der Waals surface area contributed by atoms with Gasteiger partial charge in [-0.2, -0.15) is 5.10 Å². The number of nitrogens with zero attached hydrogens (tertiary/aromatic N) is 2. The van der Waals surface area contributed by atoms with Crippen molar-refractivity contribution in [1.82, 2.24) is 5.43 Å². The van der Waals surface area contributed by atoms with Crippen LogP contribution < -0.4 is 10.3 Å². The second-order valence-corrected chi connectivity index (χ2v) is 6.51. The van der Waals surface area contributed by atoms with E-state index in [-0.39, 0.29) is 11.7 Å². The van der Waals surface area contributed by atoms with Crippen molar-refractivity contribution in [2.24, 2.45) is 5.10 Å². The van der Waals surface area contributed by atoms with Crippen LogP contribution in [0.2, 0.25) is 0 Å². The Balaban J connectivity index is 1.60. The summed E-state index contributed by atoms with van der Waals surface area (Å²) in [5, 5.41) is 13.4. The van der Waals surface area contributed by atoms with Gasteiger partial charge in [-0.05, 0) is 76.8 Å². The zero-order valence-corrected chi connectivity index (χ0v) is 14.7. The quantitative estimate of drug-likeness (QED) is 0.622. The number of nitrogens with one attached hydrogen (secondary N) is 1. The Morgan fingerprint density at radius 2 is 1.88 bits per heavy atom. The van der Waals surface area contributed by atoms with E-state index in [1.54, 1.807) is 18.2 Å². The van der Waals surface area contributed by atoms with Crippen molar-refractivity contribution in [3.05, 3.63) is 58.1 Å². The van der Waals surface area contributed by atoms with Crippen LogP contribution in [0.25, 0.3) is 0 Å². The van der Waals surface area contributed by atoms with Crippen molar-refractivity contribution in [2.45, 2.75) is 12.8 Å². The van der Waals surface area contributed by atoms with E-state index in [1.165, 1.54) is 19.1 Å². The molecule has 1 heterocycles. The van der Waals surface area contributed by atoms with Gasteiger partial charge in [0.1, 0.15) is 5.75 Å². The molecule has 1 aliphatic rings. The molecule has 0 bridgehead atoms. The molecule has 2 aromatic carbocycles. The average molecular weight is 388 g/mol. The molecule has 0 unspecified atom stereocenters. The van der Waals surface area contributed by atoms with E-state index < -0.39 is 0 Å². The molecule has 1 amide bonds. The lowest BCUT2D eigenvalue weighted by atomic mass is 10.2. The predicted octanol–water partition coefficient (Wildman–Crippen LogP) is 3.52. The van der Waals surface area contributed by atoms with Crippen molar-refractivity contribution in [3.63, 3.8) is 0 Å². The minimum absolute atomic E-state index is 0.161. The number of benzene rings is 2. The molecule has 0 aromatic heterocycles. The first-order valence-corrected chi connectivity index (χ1v) is 8.60. The number of phenolic OH excluding ortho intramolecular Hbond substituents is 1. The van der Waals surface area contributed by atoms with Gasteiger partial charge in [0, 0.05) is 24.3 Å². The Labute approximate surface area is 149 Å². The molecule has 1 aliphatic heterocycles. The van der Waals surface area contributed by atoms with E-state index in [9.17, 15) is 9.90 Å². The summed E-state index contributed by atoms with van der Waals surface area (Å²) < 4.78 is 0.579. The summed E-state index contributed by atoms with van der Waals surface area (Å²) in [6, 6.07) is 12.6. The summed E-state index contributed by atoms with van der Waals surface area (Å²) in [4.78, 5) is 14.4. The van der Waals surface area contributed by atoms with Crippen LogP contribution >= 0.6 is 15.9 Å². The van der Waals surface area contributed by atoms with Gasteiger partial charge in [-0.3, -0.25) is 4.79 Å². The lowest BCUT2D eigenvalue weighted by Crippen LogP contribution is -2.19. The van der Waals surface area contributed by atoms with Gasteiger partial charge in [0.2, 0.25) is 0 Å². The number of hydrogen-bond donors (Lipinski definition) is 2. The highest BCUT2D eigenvalue weighted by molar-refractivity contribution is 9.10. The summed E-state index contributed by atoms with van der Waals surface area (Å²) in [7, 11) is 0. The summed E-state index contributed by atoms with van der Waals surface area (Å²) in [5.41, 5.74) is 5.00. The van der Waals surface area contributed by atoms with Gasteiger partial charge in [-0.15, -0.1) is 0 Å². The average Bonchev–Trinajstić information content (AvgIpc) is 3.13. The highest BCUT2D eigenvalue weighted by atomic mass is 79.9. The Hall–Kier alpha value is -2.34. The molecule has 5 nitrogen and oxygen atoms in total. The molecular formula is C18H18BrN3O2. The van der Waals surface area contributed by atoms with Crippen LogP contribution in [0.3, 0.4) is 0 Å². The SMILES string of the molecule is O=C(N/N=C\c1ccc(O)c(Br)c1)c1ccc(N2CCCC2)cc1. The number of carbonyl (C=O) groups excluding carboxylic acids is 1. The first-order valence-electron chi connectivity index (χ1n) is 7.80. The molecule has 6 heteroatoms. The maximum atomic E-state index is 12.1. The van der Waals surface area contributed by atoms with Gasteiger partial charge >= 0.3 is 0 Å². The molecule has 0 radical (unpaired) electrons. The molecule has 1 fully saturated rings. The van der Waals surface area contributed by atoms with Gasteiger partial charge in [-0.25, -0.2) is 5.43 Å². The van der Waals surface area contributed by atoms with Crippen molar-refractivity contribution in [2.75, 3.05) is 18.0 Å². The van der Waals surface area contributed by atoms with Gasteiger partial charge in [0.25, 0.3) is 5.91 Å². The highest BCUT2D eigenvalue weighted by Gasteiger charge is 2.12. The summed E-state index contributed by atoms with van der Waals surface area (Å²) >= 11 is 3.24. The van der Waals surface area contributed by atoms with Crippen LogP contribution in [0, 0.1) is 0 Å². The van der Waals surface area contributed by atoms with Gasteiger partial charge in [0.15, 0.2) is 0 Å². The van der Waals surface area contributed by atoms with Crippen LogP contribution in [0.4, 0.5) is 5.69 Å². The number of rotatable bonds is 4. The van der Waals surface area contributed by atoms with E-state index in [1.807, 2.05) is 24.3 Å². The van der Waals surface area contributed by atoms with E-state index in [4.69, 9.17) is 0 Å². The minimum atomic E-state index is -0.253. The van der Waals surface area contributed by atoms with Gasteiger partial charge < -0.3 is 10.0 Å². The number of hydrazone groups is 1. The summed E-state index contributed by atoms with van der Waals surface area (Å²) in [6.45, 7) is 2.16. The summed E-state index contributed by atoms with van der Waals surface area (Å²) in [6.07, 6.45) is 3.98. The first kappa shape index (κ1) is 16.5. The number of anilines is 1. The smallest absolute Gasteiger partial charge is 0.271 e. The Morgan fingerprint density at radius 1 is 1.17 bits per heavy atom. The molecule has 1 saturated heterocycles. The van der Waals surface area contributed by atoms with Crippen molar-refractivity contribution in [1.29, 1.82) is 0 Å². The number of phenols is 1. The fraction of sp³-hybridized carbons (Fsp3) is 0.222. The molecular weight excluding hydrogens is 370 g/mol. The van der Waals surface area contributed by atoms with Crippen LogP contribution in [0.1, 0.15) is 28.8 Å². The third kappa shape index (κ3) is 3.94. The van der Waals surface area contributed by atoms with E-state index >= 15 is 0 Å². The fourth-order valence-corrected chi connectivity index (χ4v) is 3.03. The first-order chi connectivity index (χ1) is 11.6. The lowest BCUT2D eigenvalue weighted by molar-refractivity contribution is 0.0955. The highest BCUT2D eigenvalue weighted by Crippen LogP contribution is 2.23. The van der Waals surface area contributed by atoms with Crippen LogP contribution in [0.5, 0.6) is 5.75 Å². The molecule has 3 rings (SSSR count). The molecule has 0 atom stereocenters. The monoisotopic (exact) mass is 387 g/mol. The van der Waals surface area contributed by atoms with Crippen molar-refractivity contribution >= 4 is 33.7 Å². The zero-order chi connectivity index (χ0) is 16.9. The van der Waals surface area contributed by atoms with Crippen molar-refractivity contribution < 1.29 is 9.90 Å². The number of carbonyl (C=O) groups is 1. The summed E-state index contributed by atoms with van der Waals surface area (Å²) in [5.74, 6) is -0.0913. The Morgan fingerprint density at radius 3 is 2.54 bits per heavy atom. The predicted molar refractivity (Wildman–Crippen MR) is 98.8 cm³/mol.